The van der Waals surface area contributed by atoms with E-state index in [1.54, 1.807) is 0 Å². The third-order valence-corrected chi connectivity index (χ3v) is 2.72. The molecule has 1 atom stereocenters. The Morgan fingerprint density at radius 3 is 2.71 bits per heavy atom. The molecule has 0 saturated carbocycles. The maximum atomic E-state index is 5.73. The van der Waals surface area contributed by atoms with Crippen molar-refractivity contribution in [1.82, 2.24) is 15.0 Å². The van der Waals surface area contributed by atoms with Gasteiger partial charge in [-0.05, 0) is 25.3 Å². The summed E-state index contributed by atoms with van der Waals surface area (Å²) in [6, 6.07) is 10.4. The standard InChI is InChI=1S/C13H18N4/c1-11(14)13-10-17(16-15-13)9-5-8-12-6-3-2-4-7-12/h2-4,6-7,10-11H,5,8-9,14H2,1H3. The number of rotatable bonds is 5. The molecule has 0 aliphatic rings. The summed E-state index contributed by atoms with van der Waals surface area (Å²) in [5, 5.41) is 8.08. The number of aromatic nitrogens is 3. The van der Waals surface area contributed by atoms with Gasteiger partial charge in [0, 0.05) is 12.6 Å². The third-order valence-electron chi connectivity index (χ3n) is 2.72. The van der Waals surface area contributed by atoms with Gasteiger partial charge in [0.25, 0.3) is 0 Å². The highest BCUT2D eigenvalue weighted by Gasteiger charge is 2.04. The van der Waals surface area contributed by atoms with Gasteiger partial charge in [0.05, 0.1) is 11.9 Å². The SMILES string of the molecule is CC(N)c1cn(CCCc2ccccc2)nn1. The Kier molecular flexibility index (Phi) is 3.88. The lowest BCUT2D eigenvalue weighted by Gasteiger charge is -2.01. The van der Waals surface area contributed by atoms with Crippen LogP contribution >= 0.6 is 0 Å². The molecule has 0 aliphatic heterocycles. The van der Waals surface area contributed by atoms with Crippen molar-refractivity contribution in [2.24, 2.45) is 5.73 Å². The zero-order valence-electron chi connectivity index (χ0n) is 10.1. The topological polar surface area (TPSA) is 56.7 Å². The fraction of sp³-hybridized carbons (Fsp3) is 0.385. The van der Waals surface area contributed by atoms with E-state index in [1.807, 2.05) is 23.9 Å². The van der Waals surface area contributed by atoms with Gasteiger partial charge in [0.1, 0.15) is 0 Å². The smallest absolute Gasteiger partial charge is 0.0991 e. The molecule has 90 valence electrons. The van der Waals surface area contributed by atoms with Crippen molar-refractivity contribution >= 4 is 0 Å². The van der Waals surface area contributed by atoms with Crippen molar-refractivity contribution < 1.29 is 0 Å². The molecule has 0 saturated heterocycles. The number of nitrogens with zero attached hydrogens (tertiary/aromatic N) is 3. The summed E-state index contributed by atoms with van der Waals surface area (Å²) in [5.41, 5.74) is 7.94. The first kappa shape index (κ1) is 11.8. The summed E-state index contributed by atoms with van der Waals surface area (Å²) in [7, 11) is 0. The number of benzene rings is 1. The first-order valence-electron chi connectivity index (χ1n) is 5.95. The van der Waals surface area contributed by atoms with E-state index in [9.17, 15) is 0 Å². The Hall–Kier alpha value is -1.68. The van der Waals surface area contributed by atoms with E-state index in [1.165, 1.54) is 5.56 Å². The summed E-state index contributed by atoms with van der Waals surface area (Å²) in [4.78, 5) is 0. The van der Waals surface area contributed by atoms with E-state index in [-0.39, 0.29) is 6.04 Å². The summed E-state index contributed by atoms with van der Waals surface area (Å²) >= 11 is 0. The largest absolute Gasteiger partial charge is 0.323 e. The minimum absolute atomic E-state index is 0.0436. The van der Waals surface area contributed by atoms with E-state index in [0.29, 0.717) is 0 Å². The van der Waals surface area contributed by atoms with E-state index >= 15 is 0 Å². The summed E-state index contributed by atoms with van der Waals surface area (Å²) < 4.78 is 1.86. The van der Waals surface area contributed by atoms with Gasteiger partial charge in [0.15, 0.2) is 0 Å². The van der Waals surface area contributed by atoms with Gasteiger partial charge in [-0.15, -0.1) is 5.10 Å². The molecule has 0 fully saturated rings. The van der Waals surface area contributed by atoms with Crippen molar-refractivity contribution in [2.75, 3.05) is 0 Å². The van der Waals surface area contributed by atoms with Gasteiger partial charge < -0.3 is 5.73 Å². The van der Waals surface area contributed by atoms with E-state index < -0.39 is 0 Å². The second-order valence-corrected chi connectivity index (χ2v) is 4.28. The Morgan fingerprint density at radius 1 is 1.29 bits per heavy atom. The van der Waals surface area contributed by atoms with Crippen LogP contribution in [0.25, 0.3) is 0 Å². The molecule has 0 amide bonds. The average molecular weight is 230 g/mol. The summed E-state index contributed by atoms with van der Waals surface area (Å²) in [5.74, 6) is 0. The molecule has 2 rings (SSSR count). The van der Waals surface area contributed by atoms with Gasteiger partial charge in [-0.25, -0.2) is 0 Å². The Bertz CT molecular complexity index is 447. The molecule has 2 aromatic rings. The van der Waals surface area contributed by atoms with Crippen molar-refractivity contribution in [1.29, 1.82) is 0 Å². The van der Waals surface area contributed by atoms with Gasteiger partial charge in [-0.3, -0.25) is 4.68 Å². The molecule has 4 heteroatoms. The molecule has 17 heavy (non-hydrogen) atoms. The molecule has 1 heterocycles. The zero-order chi connectivity index (χ0) is 12.1. The molecule has 1 aromatic carbocycles. The fourth-order valence-electron chi connectivity index (χ4n) is 1.72. The van der Waals surface area contributed by atoms with E-state index in [4.69, 9.17) is 5.73 Å². The first-order chi connectivity index (χ1) is 8.25. The predicted octanol–water partition coefficient (Wildman–Crippen LogP) is 1.93. The third kappa shape index (κ3) is 3.39. The van der Waals surface area contributed by atoms with Crippen LogP contribution in [-0.2, 0) is 13.0 Å². The van der Waals surface area contributed by atoms with Crippen molar-refractivity contribution in [3.05, 3.63) is 47.8 Å². The van der Waals surface area contributed by atoms with Gasteiger partial charge >= 0.3 is 0 Å². The Morgan fingerprint density at radius 2 is 2.06 bits per heavy atom. The summed E-state index contributed by atoms with van der Waals surface area (Å²) in [6.07, 6.45) is 4.05. The van der Waals surface area contributed by atoms with Crippen LogP contribution in [0.15, 0.2) is 36.5 Å². The molecule has 0 aliphatic carbocycles. The highest BCUT2D eigenvalue weighted by molar-refractivity contribution is 5.14. The lowest BCUT2D eigenvalue weighted by atomic mass is 10.1. The average Bonchev–Trinajstić information content (AvgIpc) is 2.79. The van der Waals surface area contributed by atoms with Crippen LogP contribution in [0.3, 0.4) is 0 Å². The van der Waals surface area contributed by atoms with Crippen LogP contribution in [-0.4, -0.2) is 15.0 Å². The van der Waals surface area contributed by atoms with Crippen molar-refractivity contribution in [3.8, 4) is 0 Å². The maximum Gasteiger partial charge on any atom is 0.0991 e. The predicted molar refractivity (Wildman–Crippen MR) is 67.4 cm³/mol. The van der Waals surface area contributed by atoms with E-state index in [0.717, 1.165) is 25.1 Å². The Balaban J connectivity index is 1.82. The van der Waals surface area contributed by atoms with Gasteiger partial charge in [0.2, 0.25) is 0 Å². The molecule has 0 bridgehead atoms. The second kappa shape index (κ2) is 5.59. The molecule has 2 N–H and O–H groups in total. The van der Waals surface area contributed by atoms with Gasteiger partial charge in [-0.1, -0.05) is 35.5 Å². The normalized spacial score (nSPS) is 12.6. The minimum atomic E-state index is -0.0436. The lowest BCUT2D eigenvalue weighted by molar-refractivity contribution is 0.558. The van der Waals surface area contributed by atoms with Crippen LogP contribution in [0, 0.1) is 0 Å². The molecule has 4 nitrogen and oxygen atoms in total. The van der Waals surface area contributed by atoms with E-state index in [2.05, 4.69) is 34.6 Å². The number of nitrogens with two attached hydrogens (primary N) is 1. The van der Waals surface area contributed by atoms with Crippen molar-refractivity contribution in [2.45, 2.75) is 32.4 Å². The Labute approximate surface area is 101 Å². The minimum Gasteiger partial charge on any atom is -0.323 e. The molecule has 1 unspecified atom stereocenters. The molecule has 0 spiro atoms. The summed E-state index contributed by atoms with van der Waals surface area (Å²) in [6.45, 7) is 2.80. The number of aryl methyl sites for hydroxylation is 2. The lowest BCUT2D eigenvalue weighted by Crippen LogP contribution is -2.05. The zero-order valence-corrected chi connectivity index (χ0v) is 10.1. The van der Waals surface area contributed by atoms with Crippen LogP contribution < -0.4 is 5.73 Å². The molecule has 0 radical (unpaired) electrons. The number of hydrogen-bond acceptors (Lipinski definition) is 3. The monoisotopic (exact) mass is 230 g/mol. The number of hydrogen-bond donors (Lipinski definition) is 1. The molecule has 1 aromatic heterocycles. The fourth-order valence-corrected chi connectivity index (χ4v) is 1.72. The van der Waals surface area contributed by atoms with Crippen molar-refractivity contribution in [3.63, 3.8) is 0 Å². The van der Waals surface area contributed by atoms with Crippen LogP contribution in [0.4, 0.5) is 0 Å². The second-order valence-electron chi connectivity index (χ2n) is 4.28. The van der Waals surface area contributed by atoms with Gasteiger partial charge in [-0.2, -0.15) is 0 Å². The highest BCUT2D eigenvalue weighted by Crippen LogP contribution is 2.06. The van der Waals surface area contributed by atoms with Crippen LogP contribution in [0.1, 0.15) is 30.6 Å². The van der Waals surface area contributed by atoms with Crippen LogP contribution in [0.5, 0.6) is 0 Å². The highest BCUT2D eigenvalue weighted by atomic mass is 15.4. The quantitative estimate of drug-likeness (QED) is 0.854. The molecular formula is C13H18N4. The maximum absolute atomic E-state index is 5.73. The molecular weight excluding hydrogens is 212 g/mol. The van der Waals surface area contributed by atoms with Crippen LogP contribution in [0.2, 0.25) is 0 Å². The first-order valence-corrected chi connectivity index (χ1v) is 5.95.